The Balaban J connectivity index is 1.47. The molecule has 3 N–H and O–H groups in total. The van der Waals surface area contributed by atoms with Crippen LogP contribution in [0.4, 0.5) is 30.2 Å². The van der Waals surface area contributed by atoms with E-state index < -0.39 is 18.1 Å². The molecule has 3 rings (SSSR count). The number of halogens is 3. The summed E-state index contributed by atoms with van der Waals surface area (Å²) < 4.78 is 38.5. The zero-order valence-corrected chi connectivity index (χ0v) is 17.5. The van der Waals surface area contributed by atoms with Gasteiger partial charge in [-0.25, -0.2) is 0 Å². The normalized spacial score (nSPS) is 14.8. The number of nitrogens with zero attached hydrogens (tertiary/aromatic N) is 1. The number of amides is 1. The maximum Gasteiger partial charge on any atom is 0.391 e. The number of anilines is 3. The summed E-state index contributed by atoms with van der Waals surface area (Å²) in [5.74, 6) is -2.52. The zero-order valence-electron chi connectivity index (χ0n) is 17.5. The van der Waals surface area contributed by atoms with E-state index in [1.165, 1.54) is 0 Å². The number of alkyl halides is 3. The van der Waals surface area contributed by atoms with Crippen molar-refractivity contribution in [3.05, 3.63) is 54.1 Å². The van der Waals surface area contributed by atoms with Gasteiger partial charge < -0.3 is 20.6 Å². The number of carbonyl (C=O) groups excluding carboxylic acids is 1. The van der Waals surface area contributed by atoms with Crippen molar-refractivity contribution in [2.75, 3.05) is 23.3 Å². The van der Waals surface area contributed by atoms with E-state index in [1.54, 1.807) is 0 Å². The summed E-state index contributed by atoms with van der Waals surface area (Å²) >= 11 is 0. The summed E-state index contributed by atoms with van der Waals surface area (Å²) in [4.78, 5) is 24.1. The number of carboxylic acids is 1. The van der Waals surface area contributed by atoms with Crippen LogP contribution >= 0.6 is 0 Å². The molecular weight excluding hydrogens is 423 g/mol. The van der Waals surface area contributed by atoms with Gasteiger partial charge in [-0.15, -0.1) is 0 Å². The lowest BCUT2D eigenvalue weighted by Crippen LogP contribution is -2.38. The molecule has 0 spiro atoms. The van der Waals surface area contributed by atoms with Crippen LogP contribution in [0, 0.1) is 5.92 Å². The number of rotatable bonds is 8. The Morgan fingerprint density at radius 1 is 0.938 bits per heavy atom. The van der Waals surface area contributed by atoms with Gasteiger partial charge in [0.05, 0.1) is 12.3 Å². The Morgan fingerprint density at radius 2 is 1.50 bits per heavy atom. The van der Waals surface area contributed by atoms with Gasteiger partial charge in [0.15, 0.2) is 0 Å². The van der Waals surface area contributed by atoms with Gasteiger partial charge in [0.2, 0.25) is 5.91 Å². The van der Waals surface area contributed by atoms with Crippen LogP contribution in [0.3, 0.4) is 0 Å². The smallest absolute Gasteiger partial charge is 0.391 e. The van der Waals surface area contributed by atoms with Gasteiger partial charge in [-0.1, -0.05) is 12.1 Å². The van der Waals surface area contributed by atoms with E-state index in [2.05, 4.69) is 10.6 Å². The molecule has 0 unspecified atom stereocenters. The predicted octanol–water partition coefficient (Wildman–Crippen LogP) is 4.69. The molecule has 6 nitrogen and oxygen atoms in total. The van der Waals surface area contributed by atoms with Crippen LogP contribution in [0.25, 0.3) is 0 Å². The number of piperidine rings is 1. The van der Waals surface area contributed by atoms with E-state index in [0.29, 0.717) is 19.6 Å². The van der Waals surface area contributed by atoms with E-state index >= 15 is 0 Å². The molecule has 1 aliphatic rings. The molecule has 1 saturated heterocycles. The van der Waals surface area contributed by atoms with Crippen molar-refractivity contribution in [2.45, 2.75) is 38.4 Å². The molecule has 32 heavy (non-hydrogen) atoms. The van der Waals surface area contributed by atoms with E-state index in [9.17, 15) is 22.8 Å². The number of benzene rings is 2. The maximum atomic E-state index is 12.8. The first-order chi connectivity index (χ1) is 15.2. The van der Waals surface area contributed by atoms with E-state index in [0.717, 1.165) is 22.6 Å². The van der Waals surface area contributed by atoms with E-state index in [1.807, 2.05) is 53.4 Å². The first-order valence-electron chi connectivity index (χ1n) is 10.5. The van der Waals surface area contributed by atoms with Crippen molar-refractivity contribution in [3.63, 3.8) is 0 Å². The fraction of sp³-hybridized carbons (Fsp3) is 0.391. The quantitative estimate of drug-likeness (QED) is 0.545. The number of hydrogen-bond donors (Lipinski definition) is 3. The Kier molecular flexibility index (Phi) is 7.61. The number of nitrogens with one attached hydrogen (secondary N) is 2. The van der Waals surface area contributed by atoms with Crippen LogP contribution < -0.4 is 15.5 Å². The number of carboxylic acid groups (broad SMARTS) is 1. The van der Waals surface area contributed by atoms with Crippen LogP contribution in [0.2, 0.25) is 0 Å². The SMILES string of the molecule is O=C(O)CCC(=O)NCc1ccc(Nc2ccc(N3CCC(C(F)(F)F)CC3)cc2)cc1. The first kappa shape index (κ1) is 23.4. The van der Waals surface area contributed by atoms with Crippen molar-refractivity contribution >= 4 is 28.9 Å². The van der Waals surface area contributed by atoms with Gasteiger partial charge in [-0.05, 0) is 54.8 Å². The predicted molar refractivity (Wildman–Crippen MR) is 116 cm³/mol. The monoisotopic (exact) mass is 449 g/mol. The second-order valence-electron chi connectivity index (χ2n) is 7.84. The van der Waals surface area contributed by atoms with Gasteiger partial charge in [-0.2, -0.15) is 13.2 Å². The first-order valence-corrected chi connectivity index (χ1v) is 10.5. The van der Waals surface area contributed by atoms with Crippen LogP contribution in [0.5, 0.6) is 0 Å². The number of hydrogen-bond acceptors (Lipinski definition) is 4. The maximum absolute atomic E-state index is 12.8. The summed E-state index contributed by atoms with van der Waals surface area (Å²) in [7, 11) is 0. The van der Waals surface area contributed by atoms with E-state index in [4.69, 9.17) is 5.11 Å². The fourth-order valence-corrected chi connectivity index (χ4v) is 3.60. The van der Waals surface area contributed by atoms with Crippen molar-refractivity contribution in [3.8, 4) is 0 Å². The third-order valence-corrected chi connectivity index (χ3v) is 5.49. The molecule has 0 saturated carbocycles. The van der Waals surface area contributed by atoms with Crippen molar-refractivity contribution < 1.29 is 27.9 Å². The third kappa shape index (κ3) is 6.90. The van der Waals surface area contributed by atoms with Crippen LogP contribution in [-0.4, -0.2) is 36.2 Å². The highest BCUT2D eigenvalue weighted by molar-refractivity contribution is 5.80. The molecular formula is C23H26F3N3O3. The molecule has 2 aromatic rings. The molecule has 0 atom stereocenters. The topological polar surface area (TPSA) is 81.7 Å². The highest BCUT2D eigenvalue weighted by Gasteiger charge is 2.41. The average molecular weight is 449 g/mol. The summed E-state index contributed by atoms with van der Waals surface area (Å²) in [6.07, 6.45) is -4.11. The van der Waals surface area contributed by atoms with Crippen LogP contribution in [0.1, 0.15) is 31.2 Å². The van der Waals surface area contributed by atoms with Gasteiger partial charge in [0.1, 0.15) is 0 Å². The Bertz CT molecular complexity index is 907. The molecule has 9 heteroatoms. The van der Waals surface area contributed by atoms with Gasteiger partial charge in [0.25, 0.3) is 0 Å². The minimum absolute atomic E-state index is 0.0503. The fourth-order valence-electron chi connectivity index (χ4n) is 3.60. The molecule has 2 aromatic carbocycles. The molecule has 1 fully saturated rings. The highest BCUT2D eigenvalue weighted by atomic mass is 19.4. The zero-order chi connectivity index (χ0) is 23.1. The average Bonchev–Trinajstić information content (AvgIpc) is 2.77. The second kappa shape index (κ2) is 10.4. The minimum atomic E-state index is -4.11. The van der Waals surface area contributed by atoms with Crippen molar-refractivity contribution in [2.24, 2.45) is 5.92 Å². The van der Waals surface area contributed by atoms with Crippen LogP contribution in [-0.2, 0) is 16.1 Å². The Labute approximate surface area is 184 Å². The molecule has 0 aliphatic carbocycles. The minimum Gasteiger partial charge on any atom is -0.481 e. The molecule has 0 radical (unpaired) electrons. The molecule has 172 valence electrons. The van der Waals surface area contributed by atoms with Gasteiger partial charge in [-0.3, -0.25) is 9.59 Å². The standard InChI is InChI=1S/C23H26F3N3O3/c24-23(25,26)17-11-13-29(14-12-17)20-7-5-19(6-8-20)28-18-3-1-16(2-4-18)15-27-21(30)9-10-22(31)32/h1-8,17,28H,9-15H2,(H,27,30)(H,31,32). The second-order valence-corrected chi connectivity index (χ2v) is 7.84. The summed E-state index contributed by atoms with van der Waals surface area (Å²) in [5.41, 5.74) is 3.50. The molecule has 1 heterocycles. The van der Waals surface area contributed by atoms with E-state index in [-0.39, 0.29) is 31.6 Å². The lowest BCUT2D eigenvalue weighted by Gasteiger charge is -2.34. The lowest BCUT2D eigenvalue weighted by molar-refractivity contribution is -0.179. The van der Waals surface area contributed by atoms with Crippen LogP contribution in [0.15, 0.2) is 48.5 Å². The number of aliphatic carboxylic acids is 1. The highest BCUT2D eigenvalue weighted by Crippen LogP contribution is 2.35. The third-order valence-electron chi connectivity index (χ3n) is 5.49. The molecule has 0 aromatic heterocycles. The summed E-state index contributed by atoms with van der Waals surface area (Å²) in [6, 6.07) is 15.0. The molecule has 1 aliphatic heterocycles. The molecule has 0 bridgehead atoms. The summed E-state index contributed by atoms with van der Waals surface area (Å²) in [6.45, 7) is 1.11. The number of carbonyl (C=O) groups is 2. The van der Waals surface area contributed by atoms with Crippen molar-refractivity contribution in [1.82, 2.24) is 5.32 Å². The van der Waals surface area contributed by atoms with Gasteiger partial charge >= 0.3 is 12.1 Å². The Morgan fingerprint density at radius 3 is 2.03 bits per heavy atom. The Hall–Kier alpha value is -3.23. The molecule has 1 amide bonds. The van der Waals surface area contributed by atoms with Gasteiger partial charge in [0, 0.05) is 43.1 Å². The lowest BCUT2D eigenvalue weighted by atomic mass is 9.96. The largest absolute Gasteiger partial charge is 0.481 e. The summed E-state index contributed by atoms with van der Waals surface area (Å²) in [5, 5.41) is 14.5. The van der Waals surface area contributed by atoms with Crippen molar-refractivity contribution in [1.29, 1.82) is 0 Å².